The third kappa shape index (κ3) is 4.68. The van der Waals surface area contributed by atoms with Gasteiger partial charge in [-0.05, 0) is 32.4 Å². The molecule has 1 heterocycles. The van der Waals surface area contributed by atoms with Crippen molar-refractivity contribution in [2.24, 2.45) is 0 Å². The zero-order valence-corrected chi connectivity index (χ0v) is 16.0. The first-order valence-corrected chi connectivity index (χ1v) is 8.72. The number of hydrogen-bond donors (Lipinski definition) is 1. The van der Waals surface area contributed by atoms with Crippen molar-refractivity contribution in [3.63, 3.8) is 0 Å². The molecule has 2 rings (SSSR count). The number of amides is 2. The van der Waals surface area contributed by atoms with Crippen molar-refractivity contribution in [3.8, 4) is 22.8 Å². The molecule has 1 N–H and O–H groups in total. The van der Waals surface area contributed by atoms with Crippen LogP contribution in [0, 0.1) is 0 Å². The molecule has 2 amide bonds. The summed E-state index contributed by atoms with van der Waals surface area (Å²) in [6.07, 6.45) is 0.892. The highest BCUT2D eigenvalue weighted by Crippen LogP contribution is 2.33. The minimum absolute atomic E-state index is 0.0440. The van der Waals surface area contributed by atoms with Crippen molar-refractivity contribution in [1.29, 1.82) is 0 Å². The number of aromatic nitrogens is 1. The number of ether oxygens (including phenoxy) is 2. The molecule has 0 spiro atoms. The van der Waals surface area contributed by atoms with Crippen LogP contribution in [0.4, 0.5) is 4.79 Å². The van der Waals surface area contributed by atoms with Crippen LogP contribution in [-0.4, -0.2) is 42.9 Å². The second kappa shape index (κ2) is 9.12. The molecule has 0 aliphatic carbocycles. The molecule has 0 fully saturated rings. The number of benzene rings is 1. The van der Waals surface area contributed by atoms with Crippen LogP contribution < -0.4 is 14.8 Å². The number of urea groups is 1. The Bertz CT molecular complexity index is 727. The first kappa shape index (κ1) is 19.6. The van der Waals surface area contributed by atoms with Crippen molar-refractivity contribution in [2.45, 2.75) is 39.8 Å². The van der Waals surface area contributed by atoms with E-state index in [1.54, 1.807) is 25.2 Å². The Morgan fingerprint density at radius 2 is 2.04 bits per heavy atom. The van der Waals surface area contributed by atoms with Crippen LogP contribution >= 0.6 is 0 Å². The second-order valence-electron chi connectivity index (χ2n) is 6.20. The van der Waals surface area contributed by atoms with Gasteiger partial charge in [0.25, 0.3) is 0 Å². The van der Waals surface area contributed by atoms with Gasteiger partial charge in [-0.3, -0.25) is 0 Å². The van der Waals surface area contributed by atoms with Gasteiger partial charge in [0.2, 0.25) is 0 Å². The van der Waals surface area contributed by atoms with E-state index < -0.39 is 0 Å². The Morgan fingerprint density at radius 1 is 1.27 bits per heavy atom. The van der Waals surface area contributed by atoms with E-state index in [1.807, 2.05) is 39.0 Å². The molecule has 7 nitrogen and oxygen atoms in total. The molecule has 142 valence electrons. The first-order valence-electron chi connectivity index (χ1n) is 8.72. The van der Waals surface area contributed by atoms with E-state index >= 15 is 0 Å². The standard InChI is InChI=1S/C19H27N3O4/c1-6-9-20-19(23)22(13(2)3)12-14-10-18(26-21-14)16-8-7-15(24-4)11-17(16)25-5/h7-8,10-11,13H,6,9,12H2,1-5H3,(H,20,23). The molecule has 1 aromatic heterocycles. The van der Waals surface area contributed by atoms with Crippen LogP contribution in [0.3, 0.4) is 0 Å². The van der Waals surface area contributed by atoms with Crippen molar-refractivity contribution >= 4 is 6.03 Å². The van der Waals surface area contributed by atoms with E-state index in [-0.39, 0.29) is 12.1 Å². The lowest BCUT2D eigenvalue weighted by Crippen LogP contribution is -2.43. The Labute approximate surface area is 154 Å². The predicted molar refractivity (Wildman–Crippen MR) is 99.4 cm³/mol. The zero-order chi connectivity index (χ0) is 19.1. The summed E-state index contributed by atoms with van der Waals surface area (Å²) < 4.78 is 16.1. The zero-order valence-electron chi connectivity index (χ0n) is 16.0. The maximum atomic E-state index is 12.3. The van der Waals surface area contributed by atoms with Gasteiger partial charge >= 0.3 is 6.03 Å². The summed E-state index contributed by atoms with van der Waals surface area (Å²) in [6, 6.07) is 7.24. The fraction of sp³-hybridized carbons (Fsp3) is 0.474. The summed E-state index contributed by atoms with van der Waals surface area (Å²) in [5.74, 6) is 1.91. The normalized spacial score (nSPS) is 10.7. The van der Waals surface area contributed by atoms with Gasteiger partial charge in [-0.25, -0.2) is 4.79 Å². The molecule has 0 atom stereocenters. The number of carbonyl (C=O) groups is 1. The van der Waals surface area contributed by atoms with Crippen molar-refractivity contribution in [1.82, 2.24) is 15.4 Å². The van der Waals surface area contributed by atoms with E-state index in [1.165, 1.54) is 0 Å². The van der Waals surface area contributed by atoms with Gasteiger partial charge in [-0.1, -0.05) is 12.1 Å². The third-order valence-corrected chi connectivity index (χ3v) is 3.98. The Morgan fingerprint density at radius 3 is 2.65 bits per heavy atom. The molecule has 0 aliphatic rings. The van der Waals surface area contributed by atoms with Crippen molar-refractivity contribution in [2.75, 3.05) is 20.8 Å². The van der Waals surface area contributed by atoms with Crippen LogP contribution in [0.2, 0.25) is 0 Å². The summed E-state index contributed by atoms with van der Waals surface area (Å²) >= 11 is 0. The Balaban J connectivity index is 2.19. The van der Waals surface area contributed by atoms with E-state index in [2.05, 4.69) is 10.5 Å². The Kier molecular flexibility index (Phi) is 6.89. The molecule has 1 aromatic carbocycles. The van der Waals surface area contributed by atoms with E-state index in [0.29, 0.717) is 36.0 Å². The molecule has 0 bridgehead atoms. The van der Waals surface area contributed by atoms with Gasteiger partial charge in [-0.2, -0.15) is 0 Å². The minimum Gasteiger partial charge on any atom is -0.497 e. The average molecular weight is 361 g/mol. The molecule has 2 aromatic rings. The molecule has 0 radical (unpaired) electrons. The summed E-state index contributed by atoms with van der Waals surface area (Å²) in [4.78, 5) is 14.0. The lowest BCUT2D eigenvalue weighted by atomic mass is 10.1. The number of rotatable bonds is 8. The smallest absolute Gasteiger partial charge is 0.317 e. The van der Waals surface area contributed by atoms with E-state index in [0.717, 1.165) is 12.0 Å². The van der Waals surface area contributed by atoms with Gasteiger partial charge in [0.05, 0.1) is 26.3 Å². The van der Waals surface area contributed by atoms with E-state index in [4.69, 9.17) is 14.0 Å². The first-order chi connectivity index (χ1) is 12.5. The molecule has 0 unspecified atom stereocenters. The van der Waals surface area contributed by atoms with Gasteiger partial charge in [0.15, 0.2) is 5.76 Å². The minimum atomic E-state index is -0.103. The fourth-order valence-corrected chi connectivity index (χ4v) is 2.51. The molecular formula is C19H27N3O4. The molecule has 0 saturated carbocycles. The predicted octanol–water partition coefficient (Wildman–Crippen LogP) is 3.69. The van der Waals surface area contributed by atoms with Crippen LogP contribution in [0.25, 0.3) is 11.3 Å². The Hall–Kier alpha value is -2.70. The number of methoxy groups -OCH3 is 2. The van der Waals surface area contributed by atoms with Crippen LogP contribution in [0.5, 0.6) is 11.5 Å². The summed E-state index contributed by atoms with van der Waals surface area (Å²) in [5, 5.41) is 7.01. The molecule has 26 heavy (non-hydrogen) atoms. The molecule has 7 heteroatoms. The largest absolute Gasteiger partial charge is 0.497 e. The monoisotopic (exact) mass is 361 g/mol. The molecule has 0 aliphatic heterocycles. The molecule has 0 saturated heterocycles. The maximum absolute atomic E-state index is 12.3. The number of carbonyl (C=O) groups excluding carboxylic acids is 1. The van der Waals surface area contributed by atoms with Crippen molar-refractivity contribution in [3.05, 3.63) is 30.0 Å². The highest BCUT2D eigenvalue weighted by Gasteiger charge is 2.20. The van der Waals surface area contributed by atoms with Gasteiger partial charge in [0, 0.05) is 24.7 Å². The second-order valence-corrected chi connectivity index (χ2v) is 6.20. The van der Waals surface area contributed by atoms with Crippen molar-refractivity contribution < 1.29 is 18.8 Å². The fourth-order valence-electron chi connectivity index (χ4n) is 2.51. The SMILES string of the molecule is CCCNC(=O)N(Cc1cc(-c2ccc(OC)cc2OC)on1)C(C)C. The highest BCUT2D eigenvalue weighted by atomic mass is 16.5. The van der Waals surface area contributed by atoms with Gasteiger partial charge in [0.1, 0.15) is 17.2 Å². The summed E-state index contributed by atoms with van der Waals surface area (Å²) in [6.45, 7) is 6.98. The van der Waals surface area contributed by atoms with E-state index in [9.17, 15) is 4.79 Å². The number of nitrogens with one attached hydrogen (secondary N) is 1. The number of hydrogen-bond acceptors (Lipinski definition) is 5. The lowest BCUT2D eigenvalue weighted by molar-refractivity contribution is 0.178. The topological polar surface area (TPSA) is 76.8 Å². The van der Waals surface area contributed by atoms with Gasteiger partial charge in [-0.15, -0.1) is 0 Å². The molecular weight excluding hydrogens is 334 g/mol. The van der Waals surface area contributed by atoms with Crippen LogP contribution in [0.15, 0.2) is 28.8 Å². The third-order valence-electron chi connectivity index (χ3n) is 3.98. The maximum Gasteiger partial charge on any atom is 0.317 e. The number of nitrogens with zero attached hydrogens (tertiary/aromatic N) is 2. The highest BCUT2D eigenvalue weighted by molar-refractivity contribution is 5.74. The van der Waals surface area contributed by atoms with Crippen LogP contribution in [0.1, 0.15) is 32.9 Å². The summed E-state index contributed by atoms with van der Waals surface area (Å²) in [7, 11) is 3.19. The average Bonchev–Trinajstić information content (AvgIpc) is 3.11. The van der Waals surface area contributed by atoms with Crippen LogP contribution in [-0.2, 0) is 6.54 Å². The quantitative estimate of drug-likeness (QED) is 0.776. The lowest BCUT2D eigenvalue weighted by Gasteiger charge is -2.25. The summed E-state index contributed by atoms with van der Waals surface area (Å²) in [5.41, 5.74) is 1.46. The van der Waals surface area contributed by atoms with Gasteiger partial charge < -0.3 is 24.2 Å².